The number of aryl methyl sites for hydroxylation is 1. The Morgan fingerprint density at radius 2 is 1.94 bits per heavy atom. The number of aliphatic imine (C=N–C) groups is 1. The maximum Gasteiger partial charge on any atom is 0.243 e. The van der Waals surface area contributed by atoms with Gasteiger partial charge in [0, 0.05) is 6.42 Å². The minimum Gasteiger partial charge on any atom is -0.467 e. The van der Waals surface area contributed by atoms with Crippen LogP contribution < -0.4 is 5.32 Å². The minimum atomic E-state index is -0.662. The average molecular weight is 437 g/mol. The highest BCUT2D eigenvalue weighted by atomic mass is 32.2. The third-order valence-corrected chi connectivity index (χ3v) is 5.94. The second-order valence-corrected chi connectivity index (χ2v) is 8.19. The van der Waals surface area contributed by atoms with Crippen LogP contribution in [0.25, 0.3) is 0 Å². The maximum atomic E-state index is 13.8. The van der Waals surface area contributed by atoms with E-state index in [0.29, 0.717) is 10.9 Å². The normalized spacial score (nSPS) is 17.4. The average Bonchev–Trinajstić information content (AvgIpc) is 3.36. The molecule has 1 fully saturated rings. The van der Waals surface area contributed by atoms with E-state index in [4.69, 9.17) is 4.42 Å². The zero-order valence-electron chi connectivity index (χ0n) is 16.7. The van der Waals surface area contributed by atoms with Gasteiger partial charge in [0.15, 0.2) is 5.17 Å². The SMILES string of the molecule is Cc1ccccc1N=C1SC(CC(=O)Nc2ccccc2F)C(=O)N1Cc1ccco1. The Morgan fingerprint density at radius 1 is 1.16 bits per heavy atom. The van der Waals surface area contributed by atoms with Crippen molar-refractivity contribution >= 4 is 40.1 Å². The number of thioether (sulfide) groups is 1. The molecule has 0 bridgehead atoms. The van der Waals surface area contributed by atoms with Gasteiger partial charge in [-0.05, 0) is 42.8 Å². The van der Waals surface area contributed by atoms with E-state index in [0.717, 1.165) is 11.3 Å². The topological polar surface area (TPSA) is 74.9 Å². The van der Waals surface area contributed by atoms with Crippen molar-refractivity contribution in [1.29, 1.82) is 0 Å². The van der Waals surface area contributed by atoms with Gasteiger partial charge in [0.25, 0.3) is 0 Å². The molecule has 8 heteroatoms. The highest BCUT2D eigenvalue weighted by Gasteiger charge is 2.39. The van der Waals surface area contributed by atoms with Gasteiger partial charge in [-0.15, -0.1) is 0 Å². The maximum absolute atomic E-state index is 13.8. The van der Waals surface area contributed by atoms with Crippen molar-refractivity contribution in [1.82, 2.24) is 4.90 Å². The second-order valence-electron chi connectivity index (χ2n) is 7.02. The van der Waals surface area contributed by atoms with Crippen molar-refractivity contribution in [3.63, 3.8) is 0 Å². The van der Waals surface area contributed by atoms with E-state index in [1.165, 1.54) is 28.8 Å². The van der Waals surface area contributed by atoms with Gasteiger partial charge >= 0.3 is 0 Å². The molecule has 0 spiro atoms. The molecule has 1 unspecified atom stereocenters. The lowest BCUT2D eigenvalue weighted by Gasteiger charge is -2.15. The lowest BCUT2D eigenvalue weighted by atomic mass is 10.2. The number of amides is 2. The van der Waals surface area contributed by atoms with E-state index < -0.39 is 17.0 Å². The predicted molar refractivity (Wildman–Crippen MR) is 119 cm³/mol. The summed E-state index contributed by atoms with van der Waals surface area (Å²) in [7, 11) is 0. The summed E-state index contributed by atoms with van der Waals surface area (Å²) in [6, 6.07) is 17.1. The van der Waals surface area contributed by atoms with Crippen LogP contribution in [-0.4, -0.2) is 27.1 Å². The fourth-order valence-corrected chi connectivity index (χ4v) is 4.30. The van der Waals surface area contributed by atoms with Crippen molar-refractivity contribution in [2.45, 2.75) is 25.1 Å². The molecule has 0 radical (unpaired) electrons. The van der Waals surface area contributed by atoms with Crippen LogP contribution in [0.1, 0.15) is 17.7 Å². The lowest BCUT2D eigenvalue weighted by molar-refractivity contribution is -0.128. The molecule has 2 aromatic carbocycles. The molecule has 3 aromatic rings. The fourth-order valence-electron chi connectivity index (χ4n) is 3.15. The van der Waals surface area contributed by atoms with Gasteiger partial charge < -0.3 is 9.73 Å². The van der Waals surface area contributed by atoms with E-state index in [2.05, 4.69) is 10.3 Å². The number of nitrogens with zero attached hydrogens (tertiary/aromatic N) is 2. The summed E-state index contributed by atoms with van der Waals surface area (Å²) in [5.74, 6) is -0.589. The summed E-state index contributed by atoms with van der Waals surface area (Å²) < 4.78 is 19.2. The molecule has 1 aliphatic heterocycles. The molecule has 2 amide bonds. The summed E-state index contributed by atoms with van der Waals surface area (Å²) in [4.78, 5) is 31.8. The number of rotatable bonds is 6. The summed E-state index contributed by atoms with van der Waals surface area (Å²) in [5.41, 5.74) is 1.81. The van der Waals surface area contributed by atoms with Gasteiger partial charge in [0.1, 0.15) is 16.8 Å². The summed E-state index contributed by atoms with van der Waals surface area (Å²) in [6.07, 6.45) is 1.44. The van der Waals surface area contributed by atoms with Crippen LogP contribution in [0.15, 0.2) is 76.3 Å². The molecular weight excluding hydrogens is 417 g/mol. The Kier molecular flexibility index (Phi) is 6.18. The van der Waals surface area contributed by atoms with Gasteiger partial charge in [-0.1, -0.05) is 42.1 Å². The Labute approximate surface area is 183 Å². The lowest BCUT2D eigenvalue weighted by Crippen LogP contribution is -2.33. The van der Waals surface area contributed by atoms with Gasteiger partial charge in [-0.2, -0.15) is 0 Å². The number of carbonyl (C=O) groups excluding carboxylic acids is 2. The van der Waals surface area contributed by atoms with E-state index in [1.807, 2.05) is 31.2 Å². The summed E-state index contributed by atoms with van der Waals surface area (Å²) in [5, 5.41) is 2.37. The molecular formula is C23H20FN3O3S. The number of amidine groups is 1. The Hall–Kier alpha value is -3.39. The van der Waals surface area contributed by atoms with Crippen LogP contribution >= 0.6 is 11.8 Å². The number of hydrogen-bond acceptors (Lipinski definition) is 5. The highest BCUT2D eigenvalue weighted by Crippen LogP contribution is 2.33. The van der Waals surface area contributed by atoms with Gasteiger partial charge in [0.2, 0.25) is 11.8 Å². The molecule has 0 aliphatic carbocycles. The van der Waals surface area contributed by atoms with E-state index in [9.17, 15) is 14.0 Å². The molecule has 4 rings (SSSR count). The quantitative estimate of drug-likeness (QED) is 0.596. The standard InChI is InChI=1S/C23H20FN3O3S/c1-15-7-2-4-10-18(15)26-23-27(14-16-8-6-12-30-16)22(29)20(31-23)13-21(28)25-19-11-5-3-9-17(19)24/h2-12,20H,13-14H2,1H3,(H,25,28). The van der Waals surface area contributed by atoms with Crippen LogP contribution in [0.2, 0.25) is 0 Å². The summed E-state index contributed by atoms with van der Waals surface area (Å²) >= 11 is 1.23. The molecule has 1 aliphatic rings. The zero-order valence-corrected chi connectivity index (χ0v) is 17.6. The van der Waals surface area contributed by atoms with Crippen molar-refractivity contribution in [3.8, 4) is 0 Å². The van der Waals surface area contributed by atoms with Gasteiger partial charge in [-0.3, -0.25) is 14.5 Å². The smallest absolute Gasteiger partial charge is 0.243 e. The Bertz CT molecular complexity index is 1130. The number of nitrogens with one attached hydrogen (secondary N) is 1. The summed E-state index contributed by atoms with van der Waals surface area (Å²) in [6.45, 7) is 2.16. The van der Waals surface area contributed by atoms with Crippen LogP contribution in [0.5, 0.6) is 0 Å². The molecule has 1 atom stereocenters. The highest BCUT2D eigenvalue weighted by molar-refractivity contribution is 8.15. The second kappa shape index (κ2) is 9.18. The number of benzene rings is 2. The van der Waals surface area contributed by atoms with Crippen LogP contribution in [0.4, 0.5) is 15.8 Å². The number of para-hydroxylation sites is 2. The first-order chi connectivity index (χ1) is 15.0. The van der Waals surface area contributed by atoms with E-state index in [1.54, 1.807) is 30.5 Å². The molecule has 6 nitrogen and oxygen atoms in total. The minimum absolute atomic E-state index is 0.0872. The monoisotopic (exact) mass is 437 g/mol. The molecule has 158 valence electrons. The van der Waals surface area contributed by atoms with E-state index >= 15 is 0 Å². The number of furan rings is 1. The van der Waals surface area contributed by atoms with Crippen LogP contribution in [-0.2, 0) is 16.1 Å². The number of anilines is 1. The Balaban J connectivity index is 1.55. The first kappa shape index (κ1) is 20.9. The fraction of sp³-hybridized carbons (Fsp3) is 0.174. The third-order valence-electron chi connectivity index (χ3n) is 4.76. The van der Waals surface area contributed by atoms with Crippen molar-refractivity contribution in [3.05, 3.63) is 84.1 Å². The largest absolute Gasteiger partial charge is 0.467 e. The van der Waals surface area contributed by atoms with Crippen molar-refractivity contribution < 1.29 is 18.4 Å². The van der Waals surface area contributed by atoms with Gasteiger partial charge in [0.05, 0.1) is 24.2 Å². The molecule has 2 heterocycles. The van der Waals surface area contributed by atoms with Gasteiger partial charge in [-0.25, -0.2) is 9.38 Å². The van der Waals surface area contributed by atoms with Crippen LogP contribution in [0, 0.1) is 12.7 Å². The van der Waals surface area contributed by atoms with Crippen LogP contribution in [0.3, 0.4) is 0 Å². The molecule has 1 N–H and O–H groups in total. The van der Waals surface area contributed by atoms with Crippen molar-refractivity contribution in [2.24, 2.45) is 4.99 Å². The molecule has 1 aromatic heterocycles. The van der Waals surface area contributed by atoms with E-state index in [-0.39, 0.29) is 24.6 Å². The number of carbonyl (C=O) groups is 2. The predicted octanol–water partition coefficient (Wildman–Crippen LogP) is 4.89. The zero-order chi connectivity index (χ0) is 21.8. The van der Waals surface area contributed by atoms with Crippen molar-refractivity contribution in [2.75, 3.05) is 5.32 Å². The third kappa shape index (κ3) is 4.86. The number of hydrogen-bond donors (Lipinski definition) is 1. The molecule has 0 saturated carbocycles. The Morgan fingerprint density at radius 3 is 2.68 bits per heavy atom. The first-order valence-electron chi connectivity index (χ1n) is 9.70. The number of halogens is 1. The first-order valence-corrected chi connectivity index (χ1v) is 10.6. The molecule has 1 saturated heterocycles. The molecule has 31 heavy (non-hydrogen) atoms.